The van der Waals surface area contributed by atoms with Crippen LogP contribution in [0.1, 0.15) is 51.2 Å². The van der Waals surface area contributed by atoms with Crippen LogP contribution < -0.4 is 5.32 Å². The number of guanidine groups is 1. The van der Waals surface area contributed by atoms with Gasteiger partial charge in [0.15, 0.2) is 5.96 Å². The van der Waals surface area contributed by atoms with Crippen molar-refractivity contribution < 1.29 is 9.53 Å². The lowest BCUT2D eigenvalue weighted by atomic mass is 9.93. The summed E-state index contributed by atoms with van der Waals surface area (Å²) in [4.78, 5) is 26.7. The van der Waals surface area contributed by atoms with Crippen LogP contribution in [-0.4, -0.2) is 79.1 Å². The number of aromatic nitrogens is 1. The zero-order valence-corrected chi connectivity index (χ0v) is 19.8. The quantitative estimate of drug-likeness (QED) is 0.569. The first kappa shape index (κ1) is 23.0. The minimum atomic E-state index is 0.0932. The van der Waals surface area contributed by atoms with E-state index in [1.165, 1.54) is 0 Å². The van der Waals surface area contributed by atoms with E-state index in [9.17, 15) is 4.79 Å². The number of carbonyl (C=O) groups is 1. The lowest BCUT2D eigenvalue weighted by Gasteiger charge is -2.36. The molecule has 3 heterocycles. The maximum atomic E-state index is 12.8. The van der Waals surface area contributed by atoms with Crippen molar-refractivity contribution in [3.05, 3.63) is 16.1 Å². The zero-order chi connectivity index (χ0) is 21.6. The molecule has 2 aliphatic heterocycles. The molecule has 7 nitrogen and oxygen atoms in total. The maximum absolute atomic E-state index is 12.8. The molecule has 168 valence electrons. The normalized spacial score (nSPS) is 19.3. The van der Waals surface area contributed by atoms with Crippen molar-refractivity contribution in [1.29, 1.82) is 0 Å². The predicted octanol–water partition coefficient (Wildman–Crippen LogP) is 2.52. The van der Waals surface area contributed by atoms with E-state index in [0.717, 1.165) is 75.2 Å². The van der Waals surface area contributed by atoms with Crippen molar-refractivity contribution in [2.45, 2.75) is 52.4 Å². The van der Waals surface area contributed by atoms with Gasteiger partial charge in [-0.2, -0.15) is 0 Å². The van der Waals surface area contributed by atoms with Gasteiger partial charge >= 0.3 is 0 Å². The van der Waals surface area contributed by atoms with E-state index in [2.05, 4.69) is 43.3 Å². The summed E-state index contributed by atoms with van der Waals surface area (Å²) in [6.07, 6.45) is 2.64. The van der Waals surface area contributed by atoms with Gasteiger partial charge in [0.1, 0.15) is 0 Å². The van der Waals surface area contributed by atoms with E-state index >= 15 is 0 Å². The first-order valence-electron chi connectivity index (χ1n) is 11.2. The number of thiazole rings is 1. The highest BCUT2D eigenvalue weighted by molar-refractivity contribution is 7.09. The lowest BCUT2D eigenvalue weighted by Crippen LogP contribution is -2.50. The summed E-state index contributed by atoms with van der Waals surface area (Å²) in [6, 6.07) is 0. The van der Waals surface area contributed by atoms with Crippen LogP contribution in [-0.2, 0) is 21.4 Å². The Labute approximate surface area is 184 Å². The average Bonchev–Trinajstić information content (AvgIpc) is 3.23. The molecule has 0 saturated carbocycles. The molecule has 1 aromatic rings. The fourth-order valence-corrected chi connectivity index (χ4v) is 4.85. The monoisotopic (exact) mass is 435 g/mol. The summed E-state index contributed by atoms with van der Waals surface area (Å²) in [6.45, 7) is 14.8. The number of hydrogen-bond acceptors (Lipinski definition) is 5. The highest BCUT2D eigenvalue weighted by atomic mass is 32.1. The summed E-state index contributed by atoms with van der Waals surface area (Å²) < 4.78 is 5.37. The van der Waals surface area contributed by atoms with Crippen molar-refractivity contribution in [1.82, 2.24) is 20.1 Å². The topological polar surface area (TPSA) is 70.1 Å². The van der Waals surface area contributed by atoms with Crippen molar-refractivity contribution >= 4 is 23.2 Å². The molecule has 0 spiro atoms. The Morgan fingerprint density at radius 2 is 1.93 bits per heavy atom. The molecular formula is C22H37N5O2S. The molecule has 3 rings (SSSR count). The maximum Gasteiger partial charge on any atom is 0.225 e. The number of morpholine rings is 1. The summed E-state index contributed by atoms with van der Waals surface area (Å²) >= 11 is 1.73. The molecular weight excluding hydrogens is 398 g/mol. The Kier molecular flexibility index (Phi) is 8.11. The van der Waals surface area contributed by atoms with Gasteiger partial charge in [-0.1, -0.05) is 20.8 Å². The highest BCUT2D eigenvalue weighted by Crippen LogP contribution is 2.24. The van der Waals surface area contributed by atoms with Gasteiger partial charge in [-0.25, -0.2) is 4.98 Å². The van der Waals surface area contributed by atoms with Crippen LogP contribution in [0.2, 0.25) is 0 Å². The van der Waals surface area contributed by atoms with Crippen LogP contribution in [0.5, 0.6) is 0 Å². The zero-order valence-electron chi connectivity index (χ0n) is 18.9. The van der Waals surface area contributed by atoms with Gasteiger partial charge < -0.3 is 19.9 Å². The lowest BCUT2D eigenvalue weighted by molar-refractivity contribution is -0.140. The first-order chi connectivity index (χ1) is 14.4. The molecule has 0 bridgehead atoms. The highest BCUT2D eigenvalue weighted by Gasteiger charge is 2.30. The molecule has 0 aliphatic carbocycles. The number of nitrogens with one attached hydrogen (secondary N) is 1. The van der Waals surface area contributed by atoms with Gasteiger partial charge in [0.05, 0.1) is 23.9 Å². The van der Waals surface area contributed by atoms with Gasteiger partial charge in [0.25, 0.3) is 0 Å². The third-order valence-corrected chi connectivity index (χ3v) is 6.62. The third kappa shape index (κ3) is 6.17. The molecule has 0 aromatic carbocycles. The standard InChI is InChI=1S/C22H37N5O2S/c1-5-23-21(24-9-6-19-25-18(16-30-19)22(2,3)4)27-10-7-17(8-11-27)20(28)26-12-14-29-15-13-26/h16-17H,5-15H2,1-4H3,(H,23,24). The second kappa shape index (κ2) is 10.6. The summed E-state index contributed by atoms with van der Waals surface area (Å²) in [7, 11) is 0. The second-order valence-electron chi connectivity index (χ2n) is 9.06. The predicted molar refractivity (Wildman–Crippen MR) is 122 cm³/mol. The minimum absolute atomic E-state index is 0.0932. The van der Waals surface area contributed by atoms with Gasteiger partial charge in [-0.05, 0) is 19.8 Å². The Morgan fingerprint density at radius 3 is 2.53 bits per heavy atom. The molecule has 8 heteroatoms. The van der Waals surface area contributed by atoms with Crippen molar-refractivity contribution in [2.75, 3.05) is 52.5 Å². The van der Waals surface area contributed by atoms with E-state index in [0.29, 0.717) is 19.1 Å². The molecule has 2 saturated heterocycles. The molecule has 0 atom stereocenters. The van der Waals surface area contributed by atoms with E-state index < -0.39 is 0 Å². The number of hydrogen-bond donors (Lipinski definition) is 1. The number of likely N-dealkylation sites (tertiary alicyclic amines) is 1. The Morgan fingerprint density at radius 1 is 1.23 bits per heavy atom. The number of rotatable bonds is 5. The van der Waals surface area contributed by atoms with E-state index in [4.69, 9.17) is 14.7 Å². The summed E-state index contributed by atoms with van der Waals surface area (Å²) in [5.74, 6) is 1.40. The molecule has 1 N–H and O–H groups in total. The summed E-state index contributed by atoms with van der Waals surface area (Å²) in [5, 5.41) is 6.74. The van der Waals surface area contributed by atoms with Crippen LogP contribution in [0.25, 0.3) is 0 Å². The fourth-order valence-electron chi connectivity index (χ4n) is 3.83. The van der Waals surface area contributed by atoms with Gasteiger partial charge in [0.2, 0.25) is 5.91 Å². The number of carbonyl (C=O) groups excluding carboxylic acids is 1. The number of piperidine rings is 1. The van der Waals surface area contributed by atoms with Crippen LogP contribution in [0.4, 0.5) is 0 Å². The Hall–Kier alpha value is -1.67. The van der Waals surface area contributed by atoms with Gasteiger partial charge in [-0.15, -0.1) is 11.3 Å². The summed E-state index contributed by atoms with van der Waals surface area (Å²) in [5.41, 5.74) is 1.25. The van der Waals surface area contributed by atoms with Crippen LogP contribution >= 0.6 is 11.3 Å². The van der Waals surface area contributed by atoms with Crippen LogP contribution in [0.15, 0.2) is 10.4 Å². The van der Waals surface area contributed by atoms with E-state index in [-0.39, 0.29) is 11.3 Å². The second-order valence-corrected chi connectivity index (χ2v) is 10.0. The number of nitrogens with zero attached hydrogens (tertiary/aromatic N) is 4. The number of aliphatic imine (C=N–C) groups is 1. The Bertz CT molecular complexity index is 713. The molecule has 2 fully saturated rings. The third-order valence-electron chi connectivity index (χ3n) is 5.71. The average molecular weight is 436 g/mol. The van der Waals surface area contributed by atoms with E-state index in [1.54, 1.807) is 11.3 Å². The smallest absolute Gasteiger partial charge is 0.225 e. The molecule has 0 radical (unpaired) electrons. The van der Waals surface area contributed by atoms with Crippen molar-refractivity contribution in [3.63, 3.8) is 0 Å². The van der Waals surface area contributed by atoms with Gasteiger partial charge in [-0.3, -0.25) is 9.79 Å². The first-order valence-corrected chi connectivity index (χ1v) is 12.1. The van der Waals surface area contributed by atoms with Crippen LogP contribution in [0, 0.1) is 5.92 Å². The Balaban J connectivity index is 1.51. The number of ether oxygens (including phenoxy) is 1. The van der Waals surface area contributed by atoms with E-state index in [1.807, 2.05) is 4.90 Å². The SMILES string of the molecule is CCNC(=NCCc1nc(C(C)(C)C)cs1)N1CCC(C(=O)N2CCOCC2)CC1. The minimum Gasteiger partial charge on any atom is -0.378 e. The number of amides is 1. The molecule has 1 aromatic heterocycles. The van der Waals surface area contributed by atoms with Gasteiger partial charge in [0, 0.05) is 62.4 Å². The van der Waals surface area contributed by atoms with Crippen molar-refractivity contribution in [2.24, 2.45) is 10.9 Å². The van der Waals surface area contributed by atoms with Crippen molar-refractivity contribution in [3.8, 4) is 0 Å². The molecule has 30 heavy (non-hydrogen) atoms. The molecule has 0 unspecified atom stereocenters. The largest absolute Gasteiger partial charge is 0.378 e. The molecule has 2 aliphatic rings. The fraction of sp³-hybridized carbons (Fsp3) is 0.773. The molecule has 1 amide bonds. The van der Waals surface area contributed by atoms with Crippen LogP contribution in [0.3, 0.4) is 0 Å².